The van der Waals surface area contributed by atoms with Crippen molar-refractivity contribution in [1.82, 2.24) is 4.90 Å². The highest BCUT2D eigenvalue weighted by atomic mass is 19.1. The van der Waals surface area contributed by atoms with Gasteiger partial charge in [-0.1, -0.05) is 0 Å². The summed E-state index contributed by atoms with van der Waals surface area (Å²) in [4.78, 5) is 13.9. The van der Waals surface area contributed by atoms with Crippen LogP contribution in [0.25, 0.3) is 0 Å². The fourth-order valence-corrected chi connectivity index (χ4v) is 2.56. The smallest absolute Gasteiger partial charge is 0.322 e. The lowest BCUT2D eigenvalue weighted by molar-refractivity contribution is 0.199. The first-order valence-corrected chi connectivity index (χ1v) is 6.71. The third kappa shape index (κ3) is 2.74. The number of rotatable bonds is 2. The summed E-state index contributed by atoms with van der Waals surface area (Å²) in [5, 5.41) is 2.47. The first-order valence-electron chi connectivity index (χ1n) is 6.71. The maximum atomic E-state index is 13.6. The molecule has 1 N–H and O–H groups in total. The van der Waals surface area contributed by atoms with Crippen LogP contribution in [0.4, 0.5) is 19.3 Å². The first-order chi connectivity index (χ1) is 10.1. The Balaban J connectivity index is 1.75. The zero-order valence-corrected chi connectivity index (χ0v) is 11.2. The third-order valence-electron chi connectivity index (χ3n) is 3.56. The molecule has 0 unspecified atom stereocenters. The second-order valence-corrected chi connectivity index (χ2v) is 4.92. The summed E-state index contributed by atoms with van der Waals surface area (Å²) in [6.07, 6.45) is 3.21. The van der Waals surface area contributed by atoms with Gasteiger partial charge in [-0.05, 0) is 37.1 Å². The first kappa shape index (κ1) is 13.6. The molecule has 1 saturated heterocycles. The topological polar surface area (TPSA) is 45.5 Å². The van der Waals surface area contributed by atoms with Gasteiger partial charge >= 0.3 is 6.03 Å². The van der Waals surface area contributed by atoms with Crippen LogP contribution in [-0.4, -0.2) is 17.5 Å². The summed E-state index contributed by atoms with van der Waals surface area (Å²) in [6.45, 7) is 0.569. The van der Waals surface area contributed by atoms with Gasteiger partial charge < -0.3 is 14.6 Å². The number of carbonyl (C=O) groups excluding carboxylic acids is 1. The van der Waals surface area contributed by atoms with Crippen LogP contribution in [0.5, 0.6) is 0 Å². The highest BCUT2D eigenvalue weighted by Crippen LogP contribution is 2.32. The summed E-state index contributed by atoms with van der Waals surface area (Å²) in [5.74, 6) is -0.764. The van der Waals surface area contributed by atoms with Crippen LogP contribution in [0.2, 0.25) is 0 Å². The van der Waals surface area contributed by atoms with E-state index in [1.807, 2.05) is 6.07 Å². The Bertz CT molecular complexity index is 643. The number of halogens is 2. The summed E-state index contributed by atoms with van der Waals surface area (Å²) in [7, 11) is 0. The highest BCUT2D eigenvalue weighted by molar-refractivity contribution is 5.89. The maximum absolute atomic E-state index is 13.6. The predicted molar refractivity (Wildman–Crippen MR) is 72.8 cm³/mol. The molecular formula is C15H14F2N2O2. The Labute approximate surface area is 120 Å². The zero-order valence-electron chi connectivity index (χ0n) is 11.2. The molecule has 6 heteroatoms. The number of hydrogen-bond donors (Lipinski definition) is 1. The van der Waals surface area contributed by atoms with Crippen LogP contribution < -0.4 is 5.32 Å². The van der Waals surface area contributed by atoms with Crippen LogP contribution in [0, 0.1) is 11.6 Å². The fourth-order valence-electron chi connectivity index (χ4n) is 2.56. The monoisotopic (exact) mass is 292 g/mol. The van der Waals surface area contributed by atoms with Gasteiger partial charge in [0, 0.05) is 12.6 Å². The lowest BCUT2D eigenvalue weighted by Gasteiger charge is -2.23. The molecule has 2 amide bonds. The van der Waals surface area contributed by atoms with Crippen molar-refractivity contribution in [2.75, 3.05) is 11.9 Å². The standard InChI is InChI=1S/C15H14F2N2O2/c16-10-5-6-12(11(17)9-10)18-15(20)19-7-1-3-13(19)14-4-2-8-21-14/h2,4-6,8-9,13H,1,3,7H2,(H,18,20)/t13-/m1/s1. The molecule has 1 aromatic heterocycles. The van der Waals surface area contributed by atoms with Gasteiger partial charge in [0.2, 0.25) is 0 Å². The number of anilines is 1. The van der Waals surface area contributed by atoms with E-state index in [0.29, 0.717) is 12.3 Å². The van der Waals surface area contributed by atoms with Crippen molar-refractivity contribution in [2.45, 2.75) is 18.9 Å². The average Bonchev–Trinajstić information content (AvgIpc) is 3.10. The molecule has 1 aromatic carbocycles. The van der Waals surface area contributed by atoms with Crippen LogP contribution in [0.15, 0.2) is 41.0 Å². The largest absolute Gasteiger partial charge is 0.467 e. The summed E-state index contributed by atoms with van der Waals surface area (Å²) in [5.41, 5.74) is -0.0357. The van der Waals surface area contributed by atoms with Crippen molar-refractivity contribution in [2.24, 2.45) is 0 Å². The number of amides is 2. The molecule has 3 rings (SSSR count). The number of furan rings is 1. The molecule has 1 fully saturated rings. The van der Waals surface area contributed by atoms with Gasteiger partial charge in [0.25, 0.3) is 0 Å². The van der Waals surface area contributed by atoms with Gasteiger partial charge in [-0.15, -0.1) is 0 Å². The molecule has 0 aliphatic carbocycles. The minimum absolute atomic E-state index is 0.0357. The van der Waals surface area contributed by atoms with Crippen molar-refractivity contribution >= 4 is 11.7 Å². The lowest BCUT2D eigenvalue weighted by Crippen LogP contribution is -2.34. The van der Waals surface area contributed by atoms with Crippen molar-refractivity contribution in [3.63, 3.8) is 0 Å². The van der Waals surface area contributed by atoms with Crippen molar-refractivity contribution in [3.8, 4) is 0 Å². The van der Waals surface area contributed by atoms with Crippen molar-refractivity contribution in [3.05, 3.63) is 54.0 Å². The van der Waals surface area contributed by atoms with E-state index < -0.39 is 17.7 Å². The van der Waals surface area contributed by atoms with E-state index >= 15 is 0 Å². The van der Waals surface area contributed by atoms with Crippen LogP contribution in [0.3, 0.4) is 0 Å². The molecule has 0 saturated carbocycles. The van der Waals surface area contributed by atoms with Gasteiger partial charge in [0.1, 0.15) is 17.4 Å². The number of likely N-dealkylation sites (tertiary alicyclic amines) is 1. The van der Waals surface area contributed by atoms with E-state index in [-0.39, 0.29) is 11.7 Å². The van der Waals surface area contributed by atoms with Crippen LogP contribution in [0.1, 0.15) is 24.6 Å². The second kappa shape index (κ2) is 5.55. The van der Waals surface area contributed by atoms with E-state index in [0.717, 1.165) is 25.0 Å². The zero-order chi connectivity index (χ0) is 14.8. The Morgan fingerprint density at radius 1 is 1.33 bits per heavy atom. The number of nitrogens with zero attached hydrogens (tertiary/aromatic N) is 1. The number of benzene rings is 1. The molecule has 1 atom stereocenters. The third-order valence-corrected chi connectivity index (χ3v) is 3.56. The molecule has 2 aromatic rings. The van der Waals surface area contributed by atoms with E-state index in [1.54, 1.807) is 17.2 Å². The summed E-state index contributed by atoms with van der Waals surface area (Å²) >= 11 is 0. The number of carbonyl (C=O) groups is 1. The van der Waals surface area contributed by atoms with E-state index in [2.05, 4.69) is 5.32 Å². The minimum Gasteiger partial charge on any atom is -0.467 e. The Morgan fingerprint density at radius 2 is 2.19 bits per heavy atom. The molecule has 110 valence electrons. The van der Waals surface area contributed by atoms with Gasteiger partial charge in [-0.2, -0.15) is 0 Å². The maximum Gasteiger partial charge on any atom is 0.322 e. The number of urea groups is 1. The minimum atomic E-state index is -0.794. The van der Waals surface area contributed by atoms with E-state index in [4.69, 9.17) is 4.42 Å². The molecule has 21 heavy (non-hydrogen) atoms. The SMILES string of the molecule is O=C(Nc1ccc(F)cc1F)N1CCC[C@@H]1c1ccco1. The van der Waals surface area contributed by atoms with E-state index in [1.165, 1.54) is 6.07 Å². The second-order valence-electron chi connectivity index (χ2n) is 4.92. The van der Waals surface area contributed by atoms with E-state index in [9.17, 15) is 13.6 Å². The highest BCUT2D eigenvalue weighted by Gasteiger charge is 2.32. The Morgan fingerprint density at radius 3 is 2.90 bits per heavy atom. The quantitative estimate of drug-likeness (QED) is 0.911. The summed E-state index contributed by atoms with van der Waals surface area (Å²) < 4.78 is 31.8. The van der Waals surface area contributed by atoms with Gasteiger partial charge in [-0.25, -0.2) is 13.6 Å². The molecule has 1 aliphatic heterocycles. The van der Waals surface area contributed by atoms with Crippen LogP contribution >= 0.6 is 0 Å². The number of nitrogens with one attached hydrogen (secondary N) is 1. The molecule has 0 spiro atoms. The molecule has 0 bridgehead atoms. The molecule has 0 radical (unpaired) electrons. The van der Waals surface area contributed by atoms with Crippen molar-refractivity contribution in [1.29, 1.82) is 0 Å². The van der Waals surface area contributed by atoms with Crippen molar-refractivity contribution < 1.29 is 18.0 Å². The number of hydrogen-bond acceptors (Lipinski definition) is 2. The lowest BCUT2D eigenvalue weighted by atomic mass is 10.2. The van der Waals surface area contributed by atoms with Gasteiger partial charge in [0.15, 0.2) is 0 Å². The molecule has 4 nitrogen and oxygen atoms in total. The molecular weight excluding hydrogens is 278 g/mol. The van der Waals surface area contributed by atoms with Gasteiger partial charge in [-0.3, -0.25) is 0 Å². The fraction of sp³-hybridized carbons (Fsp3) is 0.267. The van der Waals surface area contributed by atoms with Gasteiger partial charge in [0.05, 0.1) is 18.0 Å². The Kier molecular flexibility index (Phi) is 3.60. The normalized spacial score (nSPS) is 18.0. The Hall–Kier alpha value is -2.37. The molecule has 2 heterocycles. The molecule has 1 aliphatic rings. The average molecular weight is 292 g/mol. The summed E-state index contributed by atoms with van der Waals surface area (Å²) in [6, 6.07) is 6.07. The predicted octanol–water partition coefficient (Wildman–Crippen LogP) is 3.93. The van der Waals surface area contributed by atoms with Crippen LogP contribution in [-0.2, 0) is 0 Å².